The highest BCUT2D eigenvalue weighted by atomic mass is 19.4. The number of hydrogen-bond donors (Lipinski definition) is 1. The summed E-state index contributed by atoms with van der Waals surface area (Å²) in [5, 5.41) is 3.27. The summed E-state index contributed by atoms with van der Waals surface area (Å²) in [7, 11) is 0. The van der Waals surface area contributed by atoms with Crippen molar-refractivity contribution in [1.82, 2.24) is 10.2 Å². The minimum absolute atomic E-state index is 0.546. The lowest BCUT2D eigenvalue weighted by atomic mass is 9.94. The Morgan fingerprint density at radius 2 is 1.82 bits per heavy atom. The van der Waals surface area contributed by atoms with E-state index in [1.54, 1.807) is 4.90 Å². The number of alkyl halides is 3. The van der Waals surface area contributed by atoms with E-state index in [9.17, 15) is 13.2 Å². The largest absolute Gasteiger partial charge is 0.401 e. The highest BCUT2D eigenvalue weighted by molar-refractivity contribution is 4.71. The average molecular weight is 252 g/mol. The molecule has 0 aromatic heterocycles. The van der Waals surface area contributed by atoms with E-state index >= 15 is 0 Å². The van der Waals surface area contributed by atoms with E-state index in [1.807, 2.05) is 6.92 Å². The van der Waals surface area contributed by atoms with Gasteiger partial charge >= 0.3 is 6.18 Å². The van der Waals surface area contributed by atoms with Gasteiger partial charge < -0.3 is 5.32 Å². The molecule has 17 heavy (non-hydrogen) atoms. The first-order valence-corrected chi connectivity index (χ1v) is 6.51. The molecular weight excluding hydrogens is 229 g/mol. The maximum atomic E-state index is 12.3. The van der Waals surface area contributed by atoms with Gasteiger partial charge in [0.15, 0.2) is 0 Å². The fourth-order valence-corrected chi connectivity index (χ4v) is 2.38. The van der Waals surface area contributed by atoms with Gasteiger partial charge in [-0.2, -0.15) is 13.2 Å². The summed E-state index contributed by atoms with van der Waals surface area (Å²) in [6.07, 6.45) is -0.179. The van der Waals surface area contributed by atoms with Crippen LogP contribution in [0.4, 0.5) is 13.2 Å². The zero-order valence-electron chi connectivity index (χ0n) is 10.5. The topological polar surface area (TPSA) is 15.3 Å². The lowest BCUT2D eigenvalue weighted by Gasteiger charge is -2.27. The van der Waals surface area contributed by atoms with Crippen molar-refractivity contribution < 1.29 is 13.2 Å². The quantitative estimate of drug-likeness (QED) is 0.782. The summed E-state index contributed by atoms with van der Waals surface area (Å²) >= 11 is 0. The molecule has 0 aromatic carbocycles. The van der Waals surface area contributed by atoms with Crippen LogP contribution >= 0.6 is 0 Å². The van der Waals surface area contributed by atoms with Gasteiger partial charge in [-0.25, -0.2) is 0 Å². The molecular formula is C12H23F3N2. The molecule has 1 aliphatic heterocycles. The molecule has 0 radical (unpaired) electrons. The third-order valence-corrected chi connectivity index (χ3v) is 3.26. The molecule has 1 rings (SSSR count). The van der Waals surface area contributed by atoms with Crippen LogP contribution in [0.25, 0.3) is 0 Å². The van der Waals surface area contributed by atoms with E-state index in [2.05, 4.69) is 5.32 Å². The van der Waals surface area contributed by atoms with Gasteiger partial charge in [-0.3, -0.25) is 4.90 Å². The first-order valence-electron chi connectivity index (χ1n) is 6.51. The Hall–Kier alpha value is -0.290. The van der Waals surface area contributed by atoms with Gasteiger partial charge in [0, 0.05) is 0 Å². The maximum Gasteiger partial charge on any atom is 0.401 e. The molecule has 2 nitrogen and oxygen atoms in total. The lowest BCUT2D eigenvalue weighted by Crippen LogP contribution is -2.37. The molecule has 1 fully saturated rings. The normalized spacial score (nSPS) is 18.9. The predicted molar refractivity (Wildman–Crippen MR) is 63.0 cm³/mol. The average Bonchev–Trinajstić information content (AvgIpc) is 2.26. The summed E-state index contributed by atoms with van der Waals surface area (Å²) < 4.78 is 37.0. The third kappa shape index (κ3) is 6.88. The van der Waals surface area contributed by atoms with Crippen molar-refractivity contribution in [3.63, 3.8) is 0 Å². The number of rotatable bonds is 6. The van der Waals surface area contributed by atoms with Crippen molar-refractivity contribution >= 4 is 0 Å². The third-order valence-electron chi connectivity index (χ3n) is 3.26. The van der Waals surface area contributed by atoms with Crippen LogP contribution < -0.4 is 5.32 Å². The van der Waals surface area contributed by atoms with Crippen molar-refractivity contribution in [1.29, 1.82) is 0 Å². The fraction of sp³-hybridized carbons (Fsp3) is 1.00. The van der Waals surface area contributed by atoms with Crippen LogP contribution in [0.5, 0.6) is 0 Å². The molecule has 0 spiro atoms. The minimum Gasteiger partial charge on any atom is -0.317 e. The Morgan fingerprint density at radius 3 is 2.35 bits per heavy atom. The Kier molecular flexibility index (Phi) is 6.27. The second kappa shape index (κ2) is 7.21. The second-order valence-electron chi connectivity index (χ2n) is 4.87. The molecule has 1 saturated heterocycles. The smallest absolute Gasteiger partial charge is 0.317 e. The molecule has 1 N–H and O–H groups in total. The SMILES string of the molecule is CCCN(CCC1CCNCC1)CC(F)(F)F. The van der Waals surface area contributed by atoms with Crippen LogP contribution in [0.3, 0.4) is 0 Å². The van der Waals surface area contributed by atoms with Gasteiger partial charge in [-0.15, -0.1) is 0 Å². The number of nitrogens with one attached hydrogen (secondary N) is 1. The standard InChI is InChI=1S/C12H23F3N2/c1-2-8-17(10-12(13,14)15)9-5-11-3-6-16-7-4-11/h11,16H,2-10H2,1H3. The molecule has 102 valence electrons. The summed E-state index contributed by atoms with van der Waals surface area (Å²) in [4.78, 5) is 1.54. The van der Waals surface area contributed by atoms with Gasteiger partial charge in [0.2, 0.25) is 0 Å². The van der Waals surface area contributed by atoms with Crippen LogP contribution in [0.2, 0.25) is 0 Å². The van der Waals surface area contributed by atoms with Gasteiger partial charge in [0.25, 0.3) is 0 Å². The van der Waals surface area contributed by atoms with E-state index in [0.29, 0.717) is 19.0 Å². The zero-order valence-corrected chi connectivity index (χ0v) is 10.5. The minimum atomic E-state index is -4.07. The summed E-state index contributed by atoms with van der Waals surface area (Å²) in [6.45, 7) is 4.32. The Balaban J connectivity index is 2.27. The second-order valence-corrected chi connectivity index (χ2v) is 4.87. The fourth-order valence-electron chi connectivity index (χ4n) is 2.38. The number of piperidine rings is 1. The molecule has 0 atom stereocenters. The molecule has 1 aliphatic rings. The Labute approximate surface area is 102 Å². The monoisotopic (exact) mass is 252 g/mol. The van der Waals surface area contributed by atoms with Gasteiger partial charge in [-0.1, -0.05) is 6.92 Å². The van der Waals surface area contributed by atoms with E-state index in [1.165, 1.54) is 0 Å². The lowest BCUT2D eigenvalue weighted by molar-refractivity contribution is -0.146. The van der Waals surface area contributed by atoms with Crippen LogP contribution in [0.15, 0.2) is 0 Å². The van der Waals surface area contributed by atoms with Gasteiger partial charge in [-0.05, 0) is 57.8 Å². The molecule has 0 unspecified atom stereocenters. The molecule has 0 saturated carbocycles. The first-order chi connectivity index (χ1) is 8.01. The molecule has 1 heterocycles. The van der Waals surface area contributed by atoms with Crippen molar-refractivity contribution in [2.75, 3.05) is 32.7 Å². The Morgan fingerprint density at radius 1 is 1.18 bits per heavy atom. The van der Waals surface area contributed by atoms with E-state index in [4.69, 9.17) is 0 Å². The molecule has 0 aliphatic carbocycles. The molecule has 0 aromatic rings. The first kappa shape index (κ1) is 14.8. The van der Waals surface area contributed by atoms with Crippen LogP contribution in [0, 0.1) is 5.92 Å². The van der Waals surface area contributed by atoms with E-state index in [0.717, 1.165) is 38.8 Å². The van der Waals surface area contributed by atoms with Crippen molar-refractivity contribution in [3.8, 4) is 0 Å². The highest BCUT2D eigenvalue weighted by Crippen LogP contribution is 2.20. The van der Waals surface area contributed by atoms with Crippen LogP contribution in [-0.4, -0.2) is 43.8 Å². The summed E-state index contributed by atoms with van der Waals surface area (Å²) in [5.41, 5.74) is 0. The van der Waals surface area contributed by atoms with Crippen molar-refractivity contribution in [2.24, 2.45) is 5.92 Å². The molecule has 0 amide bonds. The van der Waals surface area contributed by atoms with E-state index in [-0.39, 0.29) is 0 Å². The number of nitrogens with zero attached hydrogens (tertiary/aromatic N) is 1. The summed E-state index contributed by atoms with van der Waals surface area (Å²) in [6, 6.07) is 0. The van der Waals surface area contributed by atoms with Gasteiger partial charge in [0.1, 0.15) is 0 Å². The summed E-state index contributed by atoms with van der Waals surface area (Å²) in [5.74, 6) is 0.601. The van der Waals surface area contributed by atoms with Gasteiger partial charge in [0.05, 0.1) is 6.54 Å². The van der Waals surface area contributed by atoms with E-state index < -0.39 is 12.7 Å². The van der Waals surface area contributed by atoms with Crippen LogP contribution in [-0.2, 0) is 0 Å². The number of halogens is 3. The maximum absolute atomic E-state index is 12.3. The zero-order chi connectivity index (χ0) is 12.7. The highest BCUT2D eigenvalue weighted by Gasteiger charge is 2.30. The van der Waals surface area contributed by atoms with Crippen molar-refractivity contribution in [2.45, 2.75) is 38.8 Å². The molecule has 0 bridgehead atoms. The molecule has 5 heteroatoms. The predicted octanol–water partition coefficient (Wildman–Crippen LogP) is 2.65. The van der Waals surface area contributed by atoms with Crippen molar-refractivity contribution in [3.05, 3.63) is 0 Å². The Bertz CT molecular complexity index is 200. The number of hydrogen-bond acceptors (Lipinski definition) is 2. The van der Waals surface area contributed by atoms with Crippen LogP contribution in [0.1, 0.15) is 32.6 Å².